The van der Waals surface area contributed by atoms with E-state index in [-0.39, 0.29) is 11.3 Å². The smallest absolute Gasteiger partial charge is 0.417 e. The lowest BCUT2D eigenvalue weighted by molar-refractivity contribution is -0.272. The molecule has 1 aromatic heterocycles. The average molecular weight is 526 g/mol. The van der Waals surface area contributed by atoms with Crippen LogP contribution in [-0.2, 0) is 19.6 Å². The van der Waals surface area contributed by atoms with Crippen molar-refractivity contribution in [2.24, 2.45) is 5.92 Å². The maximum Gasteiger partial charge on any atom is 0.417 e. The number of carbonyl (C=O) groups is 1. The Morgan fingerprint density at radius 1 is 1.29 bits per heavy atom. The van der Waals surface area contributed by atoms with Gasteiger partial charge in [0, 0.05) is 39.5 Å². The van der Waals surface area contributed by atoms with Crippen molar-refractivity contribution >= 4 is 21.6 Å². The molecular weight excluding hydrogens is 501 g/mol. The van der Waals surface area contributed by atoms with Gasteiger partial charge < -0.3 is 14.8 Å². The number of hydrogen-bond donors (Lipinski definition) is 2. The molecule has 192 valence electrons. The number of benzene rings is 1. The highest BCUT2D eigenvalue weighted by atomic mass is 32.2. The minimum atomic E-state index is -4.98. The van der Waals surface area contributed by atoms with Crippen LogP contribution in [0.1, 0.15) is 29.4 Å². The number of carbonyl (C=O) groups excluding carboxylic acids is 1. The van der Waals surface area contributed by atoms with E-state index in [9.17, 15) is 35.2 Å². The van der Waals surface area contributed by atoms with Gasteiger partial charge >= 0.3 is 6.18 Å². The van der Waals surface area contributed by atoms with E-state index < -0.39 is 75.0 Å². The Morgan fingerprint density at radius 2 is 1.97 bits per heavy atom. The first-order valence-electron chi connectivity index (χ1n) is 11.4. The Hall–Kier alpha value is -2.84. The Kier molecular flexibility index (Phi) is 6.02. The molecule has 1 fully saturated rings. The van der Waals surface area contributed by atoms with Crippen LogP contribution < -0.4 is 14.8 Å². The molecule has 3 rings (SSSR count). The predicted molar refractivity (Wildman–Crippen MR) is 113 cm³/mol. The molecule has 0 aliphatic carbocycles. The van der Waals surface area contributed by atoms with Crippen LogP contribution in [0, 0.1) is 17.6 Å². The van der Waals surface area contributed by atoms with Gasteiger partial charge in [0.25, 0.3) is 15.9 Å². The number of hydrogen-bond acceptors (Lipinski definition) is 6. The summed E-state index contributed by atoms with van der Waals surface area (Å²) in [6, 6.07) is 3.54. The van der Waals surface area contributed by atoms with Crippen molar-refractivity contribution in [3.05, 3.63) is 47.7 Å². The summed E-state index contributed by atoms with van der Waals surface area (Å²) in [5, 5.41) is 1.42. The zero-order valence-corrected chi connectivity index (χ0v) is 19.2. The predicted octanol–water partition coefficient (Wildman–Crippen LogP) is 3.35. The van der Waals surface area contributed by atoms with Crippen molar-refractivity contribution in [1.29, 1.82) is 0 Å². The van der Waals surface area contributed by atoms with Gasteiger partial charge in [0.05, 0.1) is 7.11 Å². The van der Waals surface area contributed by atoms with Gasteiger partial charge in [0.1, 0.15) is 6.10 Å². The summed E-state index contributed by atoms with van der Waals surface area (Å²) < 4.78 is 128. The molecule has 1 amide bonds. The maximum absolute atomic E-state index is 14.4. The third-order valence-electron chi connectivity index (χ3n) is 5.98. The Bertz CT molecular complexity index is 1340. The number of anilines is 1. The van der Waals surface area contributed by atoms with E-state index in [1.54, 1.807) is 0 Å². The van der Waals surface area contributed by atoms with Gasteiger partial charge in [-0.1, -0.05) is 13.0 Å². The summed E-state index contributed by atoms with van der Waals surface area (Å²) >= 11 is 0. The molecule has 1 aliphatic heterocycles. The summed E-state index contributed by atoms with van der Waals surface area (Å²) in [4.78, 5) is 16.8. The zero-order valence-electron chi connectivity index (χ0n) is 21.4. The molecule has 4 atom stereocenters. The summed E-state index contributed by atoms with van der Waals surface area (Å²) in [7, 11) is -3.68. The standard InChI is InChI=1S/C21H22F5N3O5S/c1-10-15(12-5-6-13(22)16(23)17(12)33-4)18(34-20(10,2)21(24,25)26)19(30)29-11-7-8-28-14(9-11)35(31,32)27-3/h5-10,15,18,27H,1-4H3,(H,28,29,30)/t10-,15-,18+,20+/m0/s1/i3D3. The Morgan fingerprint density at radius 3 is 2.57 bits per heavy atom. The van der Waals surface area contributed by atoms with Crippen LogP contribution in [0.2, 0.25) is 0 Å². The molecule has 8 nitrogen and oxygen atoms in total. The molecule has 0 spiro atoms. The van der Waals surface area contributed by atoms with Crippen LogP contribution in [0.5, 0.6) is 5.75 Å². The normalized spacial score (nSPS) is 26.5. The van der Waals surface area contributed by atoms with Crippen LogP contribution >= 0.6 is 0 Å². The molecule has 1 aliphatic rings. The number of methoxy groups -OCH3 is 1. The van der Waals surface area contributed by atoms with Gasteiger partial charge in [-0.3, -0.25) is 4.79 Å². The zero-order chi connectivity index (χ0) is 28.8. The summed E-state index contributed by atoms with van der Waals surface area (Å²) in [6.45, 7) is -1.25. The van der Waals surface area contributed by atoms with E-state index in [4.69, 9.17) is 13.6 Å². The molecular formula is C21H22F5N3O5S. The maximum atomic E-state index is 14.4. The van der Waals surface area contributed by atoms with Gasteiger partial charge in [-0.05, 0) is 26.0 Å². The average Bonchev–Trinajstić information content (AvgIpc) is 3.06. The van der Waals surface area contributed by atoms with Gasteiger partial charge in [-0.25, -0.2) is 22.5 Å². The van der Waals surface area contributed by atoms with Crippen LogP contribution in [0.3, 0.4) is 0 Å². The number of sulfonamides is 1. The first kappa shape index (κ1) is 22.6. The van der Waals surface area contributed by atoms with Crippen LogP contribution in [0.4, 0.5) is 27.6 Å². The largest absolute Gasteiger partial charge is 0.493 e. The van der Waals surface area contributed by atoms with E-state index in [1.165, 1.54) is 4.72 Å². The molecule has 0 bridgehead atoms. The third kappa shape index (κ3) is 4.69. The van der Waals surface area contributed by atoms with Gasteiger partial charge in [-0.2, -0.15) is 17.6 Å². The van der Waals surface area contributed by atoms with Gasteiger partial charge in [-0.15, -0.1) is 0 Å². The van der Waals surface area contributed by atoms with Crippen LogP contribution in [0.25, 0.3) is 0 Å². The summed E-state index contributed by atoms with van der Waals surface area (Å²) in [5.74, 6) is -7.68. The number of aromatic nitrogens is 1. The molecule has 0 saturated carbocycles. The van der Waals surface area contributed by atoms with Crippen molar-refractivity contribution < 1.29 is 48.8 Å². The minimum Gasteiger partial charge on any atom is -0.493 e. The molecule has 2 aromatic rings. The lowest BCUT2D eigenvalue weighted by Gasteiger charge is -2.32. The second-order valence-corrected chi connectivity index (χ2v) is 9.55. The highest BCUT2D eigenvalue weighted by molar-refractivity contribution is 7.89. The van der Waals surface area contributed by atoms with Gasteiger partial charge in [0.2, 0.25) is 5.82 Å². The van der Waals surface area contributed by atoms with E-state index in [0.29, 0.717) is 13.0 Å². The fourth-order valence-electron chi connectivity index (χ4n) is 3.94. The highest BCUT2D eigenvalue weighted by Crippen LogP contribution is 2.55. The van der Waals surface area contributed by atoms with Crippen molar-refractivity contribution in [3.8, 4) is 5.75 Å². The lowest BCUT2D eigenvalue weighted by atomic mass is 9.77. The number of halogens is 5. The first-order valence-corrected chi connectivity index (χ1v) is 11.4. The van der Waals surface area contributed by atoms with E-state index >= 15 is 0 Å². The molecule has 1 saturated heterocycles. The fourth-order valence-corrected chi connectivity index (χ4v) is 4.53. The molecule has 2 N–H and O–H groups in total. The fraction of sp³-hybridized carbons (Fsp3) is 0.429. The highest BCUT2D eigenvalue weighted by Gasteiger charge is 2.65. The third-order valence-corrected chi connectivity index (χ3v) is 7.03. The second-order valence-electron chi connectivity index (χ2n) is 7.92. The number of amides is 1. The van der Waals surface area contributed by atoms with E-state index in [0.717, 1.165) is 38.4 Å². The van der Waals surface area contributed by atoms with Gasteiger partial charge in [0.15, 0.2) is 22.2 Å². The number of ether oxygens (including phenoxy) is 2. The van der Waals surface area contributed by atoms with E-state index in [2.05, 4.69) is 10.3 Å². The second kappa shape index (κ2) is 9.32. The monoisotopic (exact) mass is 526 g/mol. The Labute approximate surface area is 202 Å². The SMILES string of the molecule is [2H]C([2H])([2H])NS(=O)(=O)c1cc(NC(=O)[C@@H]2O[C@@](C)(C(F)(F)F)[C@@H](C)[C@H]2c2ccc(F)c(F)c2OC)ccn1. The molecule has 14 heteroatoms. The van der Waals surface area contributed by atoms with Crippen molar-refractivity contribution in [2.45, 2.75) is 42.7 Å². The number of pyridine rings is 1. The number of rotatable bonds is 6. The topological polar surface area (TPSA) is 107 Å². The number of nitrogens with zero attached hydrogens (tertiary/aromatic N) is 1. The number of alkyl halides is 3. The summed E-state index contributed by atoms with van der Waals surface area (Å²) in [6.07, 6.45) is -5.99. The molecule has 0 radical (unpaired) electrons. The lowest BCUT2D eigenvalue weighted by Crippen LogP contribution is -2.47. The molecule has 1 aromatic carbocycles. The molecule has 2 heterocycles. The quantitative estimate of drug-likeness (QED) is 0.560. The molecule has 0 unspecified atom stereocenters. The van der Waals surface area contributed by atoms with Crippen molar-refractivity contribution in [3.63, 3.8) is 0 Å². The van der Waals surface area contributed by atoms with Crippen molar-refractivity contribution in [2.75, 3.05) is 19.4 Å². The number of nitrogens with one attached hydrogen (secondary N) is 2. The first-order chi connectivity index (χ1) is 17.3. The Balaban J connectivity index is 2.04. The van der Waals surface area contributed by atoms with Crippen molar-refractivity contribution in [1.82, 2.24) is 9.71 Å². The van der Waals surface area contributed by atoms with Crippen LogP contribution in [0.15, 0.2) is 35.5 Å². The van der Waals surface area contributed by atoms with E-state index in [1.807, 2.05) is 0 Å². The minimum absolute atomic E-state index is 0.258. The van der Waals surface area contributed by atoms with Crippen LogP contribution in [-0.4, -0.2) is 51.3 Å². The molecule has 35 heavy (non-hydrogen) atoms. The summed E-state index contributed by atoms with van der Waals surface area (Å²) in [5.41, 5.74) is -3.43.